The Morgan fingerprint density at radius 2 is 1.87 bits per heavy atom. The fourth-order valence-corrected chi connectivity index (χ4v) is 4.11. The largest absolute Gasteiger partial charge is 0.481 e. The average Bonchev–Trinajstić information content (AvgIpc) is 3.20. The summed E-state index contributed by atoms with van der Waals surface area (Å²) < 4.78 is 5.72. The van der Waals surface area contributed by atoms with E-state index >= 15 is 0 Å². The molecule has 30 heavy (non-hydrogen) atoms. The Kier molecular flexibility index (Phi) is 5.79. The van der Waals surface area contributed by atoms with E-state index < -0.39 is 11.9 Å². The molecule has 0 saturated carbocycles. The topological polar surface area (TPSA) is 79.7 Å². The number of aromatic nitrogens is 1. The Bertz CT molecular complexity index is 1100. The number of aliphatic carboxylic acids is 1. The number of halogens is 2. The summed E-state index contributed by atoms with van der Waals surface area (Å²) in [4.78, 5) is 30.3. The predicted octanol–water partition coefficient (Wildman–Crippen LogP) is 4.25. The molecular weight excluding hydrogens is 427 g/mol. The second-order valence-electron chi connectivity index (χ2n) is 7.14. The van der Waals surface area contributed by atoms with Crippen LogP contribution in [0, 0.1) is 5.92 Å². The molecule has 2 atom stereocenters. The zero-order valence-electron chi connectivity index (χ0n) is 15.8. The molecule has 154 valence electrons. The van der Waals surface area contributed by atoms with Crippen LogP contribution in [0.2, 0.25) is 10.0 Å². The van der Waals surface area contributed by atoms with E-state index in [-0.39, 0.29) is 25.0 Å². The van der Waals surface area contributed by atoms with Crippen molar-refractivity contribution in [3.05, 3.63) is 70.3 Å². The van der Waals surface area contributed by atoms with Crippen LogP contribution in [0.15, 0.2) is 54.7 Å². The van der Waals surface area contributed by atoms with Crippen molar-refractivity contribution in [1.82, 2.24) is 9.88 Å². The fourth-order valence-electron chi connectivity index (χ4n) is 3.76. The van der Waals surface area contributed by atoms with Crippen LogP contribution in [-0.4, -0.2) is 46.6 Å². The number of amides is 1. The molecule has 1 saturated heterocycles. The van der Waals surface area contributed by atoms with E-state index in [9.17, 15) is 14.7 Å². The molecule has 8 heteroatoms. The maximum atomic E-state index is 12.8. The number of ether oxygens (including phenoxy) is 1. The third kappa shape index (κ3) is 4.06. The van der Waals surface area contributed by atoms with Gasteiger partial charge in [-0.15, -0.1) is 0 Å². The molecule has 0 bridgehead atoms. The summed E-state index contributed by atoms with van der Waals surface area (Å²) in [6.45, 7) is 0.220. The predicted molar refractivity (Wildman–Crippen MR) is 114 cm³/mol. The molecule has 1 fully saturated rings. The van der Waals surface area contributed by atoms with Crippen LogP contribution in [0.4, 0.5) is 0 Å². The van der Waals surface area contributed by atoms with E-state index in [1.54, 1.807) is 48.7 Å². The van der Waals surface area contributed by atoms with Crippen LogP contribution in [0.5, 0.6) is 5.75 Å². The van der Waals surface area contributed by atoms with E-state index in [1.165, 1.54) is 4.90 Å². The van der Waals surface area contributed by atoms with Crippen LogP contribution >= 0.6 is 23.2 Å². The normalized spacial score (nSPS) is 18.5. The zero-order valence-corrected chi connectivity index (χ0v) is 17.3. The number of pyridine rings is 1. The van der Waals surface area contributed by atoms with Gasteiger partial charge in [0.25, 0.3) is 5.91 Å². The van der Waals surface area contributed by atoms with Gasteiger partial charge in [-0.1, -0.05) is 35.3 Å². The molecule has 1 aromatic heterocycles. The maximum Gasteiger partial charge on any atom is 0.308 e. The molecule has 3 aromatic rings. The number of carboxylic acids is 1. The summed E-state index contributed by atoms with van der Waals surface area (Å²) in [6.07, 6.45) is 1.63. The average molecular weight is 445 g/mol. The lowest BCUT2D eigenvalue weighted by atomic mass is 9.89. The molecule has 1 amide bonds. The third-order valence-corrected chi connectivity index (χ3v) is 5.90. The van der Waals surface area contributed by atoms with Gasteiger partial charge in [0.15, 0.2) is 6.61 Å². The molecular formula is C22H18Cl2N2O4. The van der Waals surface area contributed by atoms with Crippen molar-refractivity contribution < 1.29 is 19.4 Å². The number of hydrogen-bond acceptors (Lipinski definition) is 4. The first kappa shape index (κ1) is 20.4. The van der Waals surface area contributed by atoms with Gasteiger partial charge >= 0.3 is 5.97 Å². The number of carbonyl (C=O) groups excluding carboxylic acids is 1. The van der Waals surface area contributed by atoms with Gasteiger partial charge in [-0.05, 0) is 42.0 Å². The minimum Gasteiger partial charge on any atom is -0.481 e. The lowest BCUT2D eigenvalue weighted by molar-refractivity contribution is -0.142. The number of carbonyl (C=O) groups is 2. The van der Waals surface area contributed by atoms with Crippen molar-refractivity contribution in [2.24, 2.45) is 5.92 Å². The number of benzene rings is 2. The van der Waals surface area contributed by atoms with Gasteiger partial charge in [-0.25, -0.2) is 0 Å². The molecule has 2 aromatic carbocycles. The van der Waals surface area contributed by atoms with E-state index in [0.717, 1.165) is 10.9 Å². The molecule has 0 spiro atoms. The first-order valence-electron chi connectivity index (χ1n) is 9.36. The first-order valence-corrected chi connectivity index (χ1v) is 10.1. The highest BCUT2D eigenvalue weighted by Gasteiger charge is 2.40. The van der Waals surface area contributed by atoms with Crippen molar-refractivity contribution in [3.8, 4) is 5.75 Å². The second kappa shape index (κ2) is 8.50. The number of fused-ring (bicyclic) bond motifs is 1. The van der Waals surface area contributed by atoms with Crippen LogP contribution < -0.4 is 4.74 Å². The van der Waals surface area contributed by atoms with E-state index in [1.807, 2.05) is 6.07 Å². The van der Waals surface area contributed by atoms with Crippen LogP contribution in [0.3, 0.4) is 0 Å². The molecule has 0 aliphatic carbocycles. The van der Waals surface area contributed by atoms with Crippen LogP contribution in [0.25, 0.3) is 10.9 Å². The van der Waals surface area contributed by atoms with E-state index in [4.69, 9.17) is 27.9 Å². The highest BCUT2D eigenvalue weighted by atomic mass is 35.5. The van der Waals surface area contributed by atoms with E-state index in [0.29, 0.717) is 27.9 Å². The number of nitrogens with zero attached hydrogens (tertiary/aromatic N) is 2. The SMILES string of the molecule is O=C(O)[C@@H]1CN(C(=O)COc2ccc(Cl)c3cccnc23)C[C@H]1c1ccc(Cl)cc1. The quantitative estimate of drug-likeness (QED) is 0.636. The van der Waals surface area contributed by atoms with Gasteiger partial charge in [0.1, 0.15) is 11.3 Å². The Hall–Kier alpha value is -2.83. The molecule has 6 nitrogen and oxygen atoms in total. The summed E-state index contributed by atoms with van der Waals surface area (Å²) in [5.74, 6) is -1.75. The highest BCUT2D eigenvalue weighted by molar-refractivity contribution is 6.35. The van der Waals surface area contributed by atoms with Crippen molar-refractivity contribution in [2.45, 2.75) is 5.92 Å². The van der Waals surface area contributed by atoms with E-state index in [2.05, 4.69) is 4.98 Å². The van der Waals surface area contributed by atoms with Gasteiger partial charge < -0.3 is 14.7 Å². The minimum absolute atomic E-state index is 0.129. The van der Waals surface area contributed by atoms with Gasteiger partial charge in [0.2, 0.25) is 0 Å². The molecule has 1 aliphatic rings. The second-order valence-corrected chi connectivity index (χ2v) is 7.98. The van der Waals surface area contributed by atoms with Gasteiger partial charge in [0.05, 0.1) is 10.9 Å². The summed E-state index contributed by atoms with van der Waals surface area (Å²) in [5, 5.41) is 11.5. The Labute approximate surface area is 183 Å². The monoisotopic (exact) mass is 444 g/mol. The first-order chi connectivity index (χ1) is 14.4. The Morgan fingerprint density at radius 1 is 1.10 bits per heavy atom. The summed E-state index contributed by atoms with van der Waals surface area (Å²) in [7, 11) is 0. The minimum atomic E-state index is -0.931. The van der Waals surface area contributed by atoms with Crippen LogP contribution in [0.1, 0.15) is 11.5 Å². The van der Waals surface area contributed by atoms with Gasteiger partial charge in [-0.3, -0.25) is 14.6 Å². The maximum absolute atomic E-state index is 12.8. The third-order valence-electron chi connectivity index (χ3n) is 5.32. The molecule has 4 rings (SSSR count). The standard InChI is InChI=1S/C22H18Cl2N2O4/c23-14-5-3-13(4-6-14)16-10-26(11-17(16)22(28)29)20(27)12-30-19-8-7-18(24)15-2-1-9-25-21(15)19/h1-9,16-17H,10-12H2,(H,28,29)/t16-,17+/m0/s1. The number of likely N-dealkylation sites (tertiary alicyclic amines) is 1. The van der Waals surface area contributed by atoms with Crippen LogP contribution in [-0.2, 0) is 9.59 Å². The highest BCUT2D eigenvalue weighted by Crippen LogP contribution is 2.34. The smallest absolute Gasteiger partial charge is 0.308 e. The van der Waals surface area contributed by atoms with Gasteiger partial charge in [-0.2, -0.15) is 0 Å². The van der Waals surface area contributed by atoms with Crippen molar-refractivity contribution in [3.63, 3.8) is 0 Å². The van der Waals surface area contributed by atoms with Crippen molar-refractivity contribution >= 4 is 46.0 Å². The lowest BCUT2D eigenvalue weighted by Gasteiger charge is -2.17. The molecule has 0 radical (unpaired) electrons. The lowest BCUT2D eigenvalue weighted by Crippen LogP contribution is -2.33. The summed E-state index contributed by atoms with van der Waals surface area (Å²) in [5.41, 5.74) is 1.41. The zero-order chi connectivity index (χ0) is 21.3. The number of rotatable bonds is 5. The fraction of sp³-hybridized carbons (Fsp3) is 0.227. The molecule has 2 heterocycles. The Balaban J connectivity index is 1.48. The molecule has 1 N–H and O–H groups in total. The molecule has 1 aliphatic heterocycles. The number of hydrogen-bond donors (Lipinski definition) is 1. The van der Waals surface area contributed by atoms with Crippen molar-refractivity contribution in [1.29, 1.82) is 0 Å². The summed E-state index contributed by atoms with van der Waals surface area (Å²) >= 11 is 12.1. The Morgan fingerprint density at radius 3 is 2.60 bits per heavy atom. The van der Waals surface area contributed by atoms with Gasteiger partial charge in [0, 0.05) is 35.6 Å². The van der Waals surface area contributed by atoms with Crippen molar-refractivity contribution in [2.75, 3.05) is 19.7 Å². The number of carboxylic acid groups (broad SMARTS) is 1. The molecule has 0 unspecified atom stereocenters. The summed E-state index contributed by atoms with van der Waals surface area (Å²) in [6, 6.07) is 14.0.